The first-order chi connectivity index (χ1) is 10.6. The molecule has 0 spiro atoms. The summed E-state index contributed by atoms with van der Waals surface area (Å²) >= 11 is 0. The molecule has 112 valence electrons. The monoisotopic (exact) mass is 300 g/mol. The summed E-state index contributed by atoms with van der Waals surface area (Å²) in [6.45, 7) is 0.341. The van der Waals surface area contributed by atoms with Crippen molar-refractivity contribution in [2.75, 3.05) is 6.54 Å². The van der Waals surface area contributed by atoms with E-state index in [0.29, 0.717) is 35.9 Å². The van der Waals surface area contributed by atoms with E-state index < -0.39 is 0 Å². The van der Waals surface area contributed by atoms with Gasteiger partial charge in [0.2, 0.25) is 0 Å². The van der Waals surface area contributed by atoms with E-state index in [-0.39, 0.29) is 23.9 Å². The first-order valence-corrected chi connectivity index (χ1v) is 6.85. The number of hydrogen-bond donors (Lipinski definition) is 1. The molecule has 0 bridgehead atoms. The van der Waals surface area contributed by atoms with Gasteiger partial charge in [0, 0.05) is 18.5 Å². The Hall–Kier alpha value is -2.76. The lowest BCUT2D eigenvalue weighted by Gasteiger charge is -2.03. The number of amides is 1. The second kappa shape index (κ2) is 5.93. The van der Waals surface area contributed by atoms with Crippen LogP contribution < -0.4 is 5.32 Å². The van der Waals surface area contributed by atoms with Crippen LogP contribution in [0, 0.1) is 5.82 Å². The summed E-state index contributed by atoms with van der Waals surface area (Å²) in [5, 5.41) is 2.71. The Balaban J connectivity index is 1.55. The van der Waals surface area contributed by atoms with E-state index in [1.807, 2.05) is 0 Å². The molecule has 1 aromatic carbocycles. The molecule has 0 saturated heterocycles. The third-order valence-corrected chi connectivity index (χ3v) is 3.26. The van der Waals surface area contributed by atoms with Gasteiger partial charge in [-0.05, 0) is 36.4 Å². The van der Waals surface area contributed by atoms with E-state index >= 15 is 0 Å². The van der Waals surface area contributed by atoms with Crippen molar-refractivity contribution in [1.82, 2.24) is 10.3 Å². The van der Waals surface area contributed by atoms with Crippen LogP contribution in [0.5, 0.6) is 0 Å². The molecule has 5 nitrogen and oxygen atoms in total. The highest BCUT2D eigenvalue weighted by atomic mass is 19.1. The lowest BCUT2D eigenvalue weighted by atomic mass is 10.1. The average Bonchev–Trinajstić information content (AvgIpc) is 2.89. The molecule has 1 aromatic heterocycles. The highest BCUT2D eigenvalue weighted by Crippen LogP contribution is 2.18. The number of aromatic nitrogens is 1. The maximum absolute atomic E-state index is 12.8. The molecule has 0 unspecified atom stereocenters. The molecule has 3 rings (SSSR count). The van der Waals surface area contributed by atoms with Gasteiger partial charge in [0.25, 0.3) is 5.91 Å². The Bertz CT molecular complexity index is 747. The summed E-state index contributed by atoms with van der Waals surface area (Å²) < 4.78 is 18.3. The van der Waals surface area contributed by atoms with Crippen LogP contribution in [-0.2, 0) is 17.6 Å². The van der Waals surface area contributed by atoms with E-state index in [4.69, 9.17) is 4.42 Å². The molecule has 1 amide bonds. The van der Waals surface area contributed by atoms with Crippen molar-refractivity contribution in [2.24, 2.45) is 0 Å². The molecule has 1 aliphatic carbocycles. The number of halogens is 1. The van der Waals surface area contributed by atoms with Gasteiger partial charge in [0.05, 0.1) is 6.42 Å². The summed E-state index contributed by atoms with van der Waals surface area (Å²) in [6.07, 6.45) is 3.75. The molecule has 0 saturated carbocycles. The van der Waals surface area contributed by atoms with Crippen LogP contribution in [-0.4, -0.2) is 23.2 Å². The third kappa shape index (κ3) is 3.11. The van der Waals surface area contributed by atoms with E-state index in [0.717, 1.165) is 0 Å². The molecule has 1 heterocycles. The molecule has 6 heteroatoms. The van der Waals surface area contributed by atoms with Gasteiger partial charge in [-0.2, -0.15) is 0 Å². The number of allylic oxidation sites excluding steroid dienone is 1. The van der Waals surface area contributed by atoms with Gasteiger partial charge >= 0.3 is 0 Å². The van der Waals surface area contributed by atoms with Crippen LogP contribution in [0.25, 0.3) is 6.08 Å². The number of nitrogens with one attached hydrogen (secondary N) is 1. The Labute approximate surface area is 125 Å². The van der Waals surface area contributed by atoms with Crippen molar-refractivity contribution in [3.63, 3.8) is 0 Å². The predicted molar refractivity (Wildman–Crippen MR) is 76.7 cm³/mol. The number of ketones is 1. The van der Waals surface area contributed by atoms with Crippen molar-refractivity contribution in [1.29, 1.82) is 0 Å². The van der Waals surface area contributed by atoms with Crippen molar-refractivity contribution in [3.8, 4) is 0 Å². The predicted octanol–water partition coefficient (Wildman–Crippen LogP) is 1.92. The molecule has 0 fully saturated rings. The summed E-state index contributed by atoms with van der Waals surface area (Å²) in [6, 6.07) is 5.32. The summed E-state index contributed by atoms with van der Waals surface area (Å²) in [5.74, 6) is 0.354. The van der Waals surface area contributed by atoms with Gasteiger partial charge in [-0.1, -0.05) is 0 Å². The number of benzene rings is 1. The van der Waals surface area contributed by atoms with E-state index in [2.05, 4.69) is 10.3 Å². The van der Waals surface area contributed by atoms with Crippen LogP contribution in [0.1, 0.15) is 27.7 Å². The van der Waals surface area contributed by atoms with Crippen LogP contribution in [0.15, 0.2) is 34.8 Å². The van der Waals surface area contributed by atoms with Gasteiger partial charge in [-0.3, -0.25) is 9.59 Å². The van der Waals surface area contributed by atoms with Gasteiger partial charge in [-0.15, -0.1) is 0 Å². The fourth-order valence-electron chi connectivity index (χ4n) is 2.15. The van der Waals surface area contributed by atoms with Crippen LogP contribution in [0.3, 0.4) is 0 Å². The number of carbonyl (C=O) groups excluding carboxylic acids is 2. The Morgan fingerprint density at radius 3 is 2.82 bits per heavy atom. The number of nitrogens with zero attached hydrogens (tertiary/aromatic N) is 1. The van der Waals surface area contributed by atoms with E-state index in [1.165, 1.54) is 30.3 Å². The summed E-state index contributed by atoms with van der Waals surface area (Å²) in [7, 11) is 0. The lowest BCUT2D eigenvalue weighted by molar-refractivity contribution is -0.114. The van der Waals surface area contributed by atoms with E-state index in [9.17, 15) is 14.0 Å². The topological polar surface area (TPSA) is 72.2 Å². The zero-order chi connectivity index (χ0) is 15.5. The molecule has 0 radical (unpaired) electrons. The van der Waals surface area contributed by atoms with Crippen LogP contribution in [0.2, 0.25) is 0 Å². The maximum atomic E-state index is 12.8. The Morgan fingerprint density at radius 2 is 2.05 bits per heavy atom. The molecule has 0 aliphatic heterocycles. The number of hydrogen-bond acceptors (Lipinski definition) is 4. The largest absolute Gasteiger partial charge is 0.445 e. The van der Waals surface area contributed by atoms with Crippen molar-refractivity contribution >= 4 is 17.8 Å². The van der Waals surface area contributed by atoms with Crippen LogP contribution in [0.4, 0.5) is 4.39 Å². The first-order valence-electron chi connectivity index (χ1n) is 6.85. The molecular formula is C16H13FN2O3. The van der Waals surface area contributed by atoms with Gasteiger partial charge < -0.3 is 9.73 Å². The first kappa shape index (κ1) is 14.2. The van der Waals surface area contributed by atoms with Crippen molar-refractivity contribution < 1.29 is 18.4 Å². The second-order valence-electron chi connectivity index (χ2n) is 4.91. The fourth-order valence-corrected chi connectivity index (χ4v) is 2.15. The maximum Gasteiger partial charge on any atom is 0.251 e. The minimum absolute atomic E-state index is 0.0141. The van der Waals surface area contributed by atoms with Crippen molar-refractivity contribution in [3.05, 3.63) is 59.1 Å². The second-order valence-corrected chi connectivity index (χ2v) is 4.91. The quantitative estimate of drug-likeness (QED) is 0.936. The normalized spacial score (nSPS) is 13.0. The number of rotatable bonds is 4. The van der Waals surface area contributed by atoms with Gasteiger partial charge in [0.1, 0.15) is 17.3 Å². The third-order valence-electron chi connectivity index (χ3n) is 3.26. The fraction of sp³-hybridized carbons (Fsp3) is 0.188. The molecule has 2 aromatic rings. The zero-order valence-electron chi connectivity index (χ0n) is 11.6. The zero-order valence-corrected chi connectivity index (χ0v) is 11.6. The van der Waals surface area contributed by atoms with Gasteiger partial charge in [-0.25, -0.2) is 9.37 Å². The Morgan fingerprint density at radius 1 is 1.27 bits per heavy atom. The smallest absolute Gasteiger partial charge is 0.251 e. The number of carbonyl (C=O) groups is 2. The summed E-state index contributed by atoms with van der Waals surface area (Å²) in [5.41, 5.74) is 1.06. The average molecular weight is 300 g/mol. The lowest BCUT2D eigenvalue weighted by Crippen LogP contribution is -2.25. The molecule has 1 N–H and O–H groups in total. The van der Waals surface area contributed by atoms with Gasteiger partial charge in [0.15, 0.2) is 11.7 Å². The van der Waals surface area contributed by atoms with E-state index in [1.54, 1.807) is 6.08 Å². The molecule has 0 atom stereocenters. The summed E-state index contributed by atoms with van der Waals surface area (Å²) in [4.78, 5) is 27.4. The number of oxazole rings is 1. The van der Waals surface area contributed by atoms with Crippen LogP contribution >= 0.6 is 0 Å². The minimum Gasteiger partial charge on any atom is -0.445 e. The number of fused-ring (bicyclic) bond motifs is 1. The molecule has 1 aliphatic rings. The standard InChI is InChI=1S/C16H13FN2O3/c17-11-3-1-10(2-4-11)16(21)18-8-7-15-19-13-6-5-12(20)9-14(13)22-15/h1-6H,7-9H2,(H,18,21). The Kier molecular flexibility index (Phi) is 3.82. The minimum atomic E-state index is -0.385. The molecule has 22 heavy (non-hydrogen) atoms. The van der Waals surface area contributed by atoms with Crippen molar-refractivity contribution in [2.45, 2.75) is 12.8 Å². The highest BCUT2D eigenvalue weighted by Gasteiger charge is 2.17. The molecular weight excluding hydrogens is 287 g/mol. The highest BCUT2D eigenvalue weighted by molar-refractivity contribution is 5.97. The SMILES string of the molecule is O=C1C=Cc2nc(CCNC(=O)c3ccc(F)cc3)oc2C1.